The van der Waals surface area contributed by atoms with Crippen molar-refractivity contribution in [2.45, 2.75) is 57.3 Å². The number of pyridine rings is 1. The maximum atomic E-state index is 13.4. The first kappa shape index (κ1) is 20.4. The van der Waals surface area contributed by atoms with Crippen molar-refractivity contribution >= 4 is 10.9 Å². The summed E-state index contributed by atoms with van der Waals surface area (Å²) in [5, 5.41) is 0.686. The standard InChI is InChI=1S/C24H24F3N4/c25-24(26,27)19-7-3-11-28-23(19)17-9-10-18-14-29-22(30-20(18)13-17)15-31-12-4-6-16-5-1-2-8-21(16)31/h3,7,9-11,13,16,21H,1-2,4-6,8,12,15H2. The van der Waals surface area contributed by atoms with Gasteiger partial charge in [0.25, 0.3) is 0 Å². The number of nitrogens with zero attached hydrogens (tertiary/aromatic N) is 4. The third-order valence-electron chi connectivity index (χ3n) is 6.64. The summed E-state index contributed by atoms with van der Waals surface area (Å²) in [4.78, 5) is 15.6. The molecule has 1 radical (unpaired) electrons. The molecule has 0 spiro atoms. The molecule has 2 aromatic heterocycles. The SMILES string of the molecule is FC(F)(F)c1cccnc1-c1ccc2[c]nc(CN3CCCC4CCCCC43)nc2c1. The summed E-state index contributed by atoms with van der Waals surface area (Å²) in [5.74, 6) is 1.44. The van der Waals surface area contributed by atoms with Crippen LogP contribution in [0.4, 0.5) is 13.2 Å². The minimum atomic E-state index is -4.47. The molecule has 1 saturated heterocycles. The maximum Gasteiger partial charge on any atom is 0.418 e. The third-order valence-corrected chi connectivity index (χ3v) is 6.64. The molecule has 1 aromatic carbocycles. The molecule has 2 fully saturated rings. The predicted molar refractivity (Wildman–Crippen MR) is 112 cm³/mol. The second kappa shape index (κ2) is 8.19. The highest BCUT2D eigenvalue weighted by Gasteiger charge is 2.35. The second-order valence-electron chi connectivity index (χ2n) is 8.61. The van der Waals surface area contributed by atoms with E-state index in [0.29, 0.717) is 34.9 Å². The van der Waals surface area contributed by atoms with E-state index in [9.17, 15) is 13.2 Å². The van der Waals surface area contributed by atoms with Gasteiger partial charge < -0.3 is 0 Å². The van der Waals surface area contributed by atoms with Gasteiger partial charge in [-0.3, -0.25) is 9.88 Å². The van der Waals surface area contributed by atoms with Gasteiger partial charge in [-0.2, -0.15) is 13.2 Å². The van der Waals surface area contributed by atoms with E-state index in [0.717, 1.165) is 18.5 Å². The molecule has 0 bridgehead atoms. The van der Waals surface area contributed by atoms with E-state index in [2.05, 4.69) is 21.1 Å². The lowest BCUT2D eigenvalue weighted by molar-refractivity contribution is -0.137. The molecule has 1 saturated carbocycles. The minimum Gasteiger partial charge on any atom is -0.293 e. The van der Waals surface area contributed by atoms with Crippen molar-refractivity contribution in [3.63, 3.8) is 0 Å². The van der Waals surface area contributed by atoms with Gasteiger partial charge >= 0.3 is 6.18 Å². The number of fused-ring (bicyclic) bond motifs is 2. The summed E-state index contributed by atoms with van der Waals surface area (Å²) in [5.41, 5.74) is 0.157. The molecule has 1 aliphatic heterocycles. The quantitative estimate of drug-likeness (QED) is 0.543. The van der Waals surface area contributed by atoms with E-state index in [1.165, 1.54) is 50.8 Å². The van der Waals surface area contributed by atoms with Crippen LogP contribution < -0.4 is 0 Å². The Morgan fingerprint density at radius 1 is 1.06 bits per heavy atom. The minimum absolute atomic E-state index is 0.0851. The molecule has 2 atom stereocenters. The molecule has 3 aromatic rings. The summed E-state index contributed by atoms with van der Waals surface area (Å²) in [6.45, 7) is 1.71. The van der Waals surface area contributed by atoms with Gasteiger partial charge in [-0.25, -0.2) is 9.97 Å². The molecule has 0 amide bonds. The van der Waals surface area contributed by atoms with Gasteiger partial charge in [0, 0.05) is 23.2 Å². The van der Waals surface area contributed by atoms with E-state index in [-0.39, 0.29) is 5.69 Å². The number of piperidine rings is 1. The summed E-state index contributed by atoms with van der Waals surface area (Å²) < 4.78 is 40.3. The van der Waals surface area contributed by atoms with Crippen molar-refractivity contribution in [1.29, 1.82) is 0 Å². The van der Waals surface area contributed by atoms with Crippen LogP contribution in [-0.4, -0.2) is 32.4 Å². The largest absolute Gasteiger partial charge is 0.418 e. The van der Waals surface area contributed by atoms with E-state index >= 15 is 0 Å². The van der Waals surface area contributed by atoms with Crippen molar-refractivity contribution in [2.24, 2.45) is 5.92 Å². The zero-order chi connectivity index (χ0) is 21.4. The fourth-order valence-electron chi connectivity index (χ4n) is 5.20. The lowest BCUT2D eigenvalue weighted by Gasteiger charge is -2.43. The lowest BCUT2D eigenvalue weighted by atomic mass is 9.78. The van der Waals surface area contributed by atoms with E-state index in [1.54, 1.807) is 18.2 Å². The molecular weight excluding hydrogens is 401 g/mol. The molecule has 5 rings (SSSR count). The second-order valence-corrected chi connectivity index (χ2v) is 8.61. The monoisotopic (exact) mass is 425 g/mol. The zero-order valence-corrected chi connectivity index (χ0v) is 17.2. The van der Waals surface area contributed by atoms with E-state index in [4.69, 9.17) is 4.98 Å². The topological polar surface area (TPSA) is 41.9 Å². The van der Waals surface area contributed by atoms with E-state index < -0.39 is 11.7 Å². The lowest BCUT2D eigenvalue weighted by Crippen LogP contribution is -2.46. The highest BCUT2D eigenvalue weighted by atomic mass is 19.4. The fraction of sp³-hybridized carbons (Fsp3) is 0.458. The van der Waals surface area contributed by atoms with Crippen LogP contribution >= 0.6 is 0 Å². The number of alkyl halides is 3. The molecule has 3 heterocycles. The van der Waals surface area contributed by atoms with Crippen LogP contribution in [0, 0.1) is 12.1 Å². The van der Waals surface area contributed by atoms with Gasteiger partial charge in [0.05, 0.1) is 23.3 Å². The number of halogens is 3. The van der Waals surface area contributed by atoms with Crippen LogP contribution in [0.5, 0.6) is 0 Å². The summed E-state index contributed by atoms with van der Waals surface area (Å²) in [6, 6.07) is 7.95. The zero-order valence-electron chi connectivity index (χ0n) is 17.2. The van der Waals surface area contributed by atoms with Gasteiger partial charge in [0.15, 0.2) is 0 Å². The molecule has 7 heteroatoms. The van der Waals surface area contributed by atoms with Crippen molar-refractivity contribution in [3.8, 4) is 11.3 Å². The highest BCUT2D eigenvalue weighted by molar-refractivity contribution is 5.83. The van der Waals surface area contributed by atoms with Gasteiger partial charge in [0.2, 0.25) is 0 Å². The number of aromatic nitrogens is 3. The number of likely N-dealkylation sites (tertiary alicyclic amines) is 1. The molecule has 1 aliphatic carbocycles. The van der Waals surface area contributed by atoms with Crippen molar-refractivity contribution in [3.05, 3.63) is 54.1 Å². The van der Waals surface area contributed by atoms with Crippen molar-refractivity contribution in [1.82, 2.24) is 19.9 Å². The molecule has 0 N–H and O–H groups in total. The first-order valence-electron chi connectivity index (χ1n) is 10.9. The summed E-state index contributed by atoms with van der Waals surface area (Å²) in [6.07, 6.45) is 7.57. The molecule has 2 unspecified atom stereocenters. The van der Waals surface area contributed by atoms with Crippen LogP contribution in [0.2, 0.25) is 0 Å². The van der Waals surface area contributed by atoms with Gasteiger partial charge in [-0.05, 0) is 62.4 Å². The molecule has 4 nitrogen and oxygen atoms in total. The average Bonchev–Trinajstić information content (AvgIpc) is 2.78. The number of hydrogen-bond donors (Lipinski definition) is 0. The summed E-state index contributed by atoms with van der Waals surface area (Å²) >= 11 is 0. The van der Waals surface area contributed by atoms with Crippen LogP contribution in [0.3, 0.4) is 0 Å². The van der Waals surface area contributed by atoms with Gasteiger partial charge in [-0.1, -0.05) is 18.9 Å². The molecule has 161 valence electrons. The van der Waals surface area contributed by atoms with Crippen LogP contribution in [0.1, 0.15) is 49.9 Å². The Hall–Kier alpha value is -2.54. The Labute approximate surface area is 179 Å². The Bertz CT molecular complexity index is 1080. The first-order chi connectivity index (χ1) is 15.0. The Morgan fingerprint density at radius 2 is 1.90 bits per heavy atom. The Balaban J connectivity index is 1.45. The average molecular weight is 425 g/mol. The van der Waals surface area contributed by atoms with Crippen LogP contribution in [0.25, 0.3) is 22.2 Å². The number of hydrogen-bond acceptors (Lipinski definition) is 4. The molecular formula is C24H24F3N4. The number of rotatable bonds is 3. The predicted octanol–water partition coefficient (Wildman–Crippen LogP) is 5.67. The normalized spacial score (nSPS) is 22.4. The highest BCUT2D eigenvalue weighted by Crippen LogP contribution is 2.37. The van der Waals surface area contributed by atoms with E-state index in [1.807, 2.05) is 0 Å². The molecule has 2 aliphatic rings. The van der Waals surface area contributed by atoms with Crippen molar-refractivity contribution in [2.75, 3.05) is 6.54 Å². The fourth-order valence-corrected chi connectivity index (χ4v) is 5.20. The molecule has 31 heavy (non-hydrogen) atoms. The Kier molecular flexibility index (Phi) is 5.38. The summed E-state index contributed by atoms with van der Waals surface area (Å²) in [7, 11) is 0. The Morgan fingerprint density at radius 3 is 2.77 bits per heavy atom. The maximum absolute atomic E-state index is 13.4. The van der Waals surface area contributed by atoms with Crippen LogP contribution in [0.15, 0.2) is 36.5 Å². The van der Waals surface area contributed by atoms with Gasteiger partial charge in [0.1, 0.15) is 12.0 Å². The third kappa shape index (κ3) is 4.15. The smallest absolute Gasteiger partial charge is 0.293 e. The van der Waals surface area contributed by atoms with Crippen LogP contribution in [-0.2, 0) is 12.7 Å². The number of benzene rings is 1. The van der Waals surface area contributed by atoms with Crippen molar-refractivity contribution < 1.29 is 13.2 Å². The van der Waals surface area contributed by atoms with Gasteiger partial charge in [-0.15, -0.1) is 0 Å². The first-order valence-corrected chi connectivity index (χ1v) is 10.9.